The lowest BCUT2D eigenvalue weighted by atomic mass is 10.3. The summed E-state index contributed by atoms with van der Waals surface area (Å²) in [4.78, 5) is 12.0. The van der Waals surface area contributed by atoms with Gasteiger partial charge in [0, 0.05) is 18.8 Å². The number of benzene rings is 2. The van der Waals surface area contributed by atoms with Crippen LogP contribution in [0.3, 0.4) is 0 Å². The molecule has 0 atom stereocenters. The van der Waals surface area contributed by atoms with Gasteiger partial charge in [-0.25, -0.2) is 12.8 Å². The van der Waals surface area contributed by atoms with Crippen molar-refractivity contribution in [2.45, 2.75) is 4.90 Å². The van der Waals surface area contributed by atoms with Crippen LogP contribution in [-0.2, 0) is 14.8 Å². The highest BCUT2D eigenvalue weighted by Crippen LogP contribution is 2.30. The molecule has 0 aliphatic heterocycles. The van der Waals surface area contributed by atoms with Gasteiger partial charge in [-0.05, 0) is 30.3 Å². The van der Waals surface area contributed by atoms with Gasteiger partial charge < -0.3 is 14.8 Å². The molecule has 0 aromatic heterocycles. The first-order valence-electron chi connectivity index (χ1n) is 7.62. The summed E-state index contributed by atoms with van der Waals surface area (Å²) in [6.45, 7) is -0.475. The number of carbonyl (C=O) groups is 1. The molecule has 0 spiro atoms. The maximum Gasteiger partial charge on any atom is 0.247 e. The molecule has 27 heavy (non-hydrogen) atoms. The third-order valence-corrected chi connectivity index (χ3v) is 5.74. The van der Waals surface area contributed by atoms with Crippen molar-refractivity contribution in [2.24, 2.45) is 0 Å². The predicted octanol–water partition coefficient (Wildman–Crippen LogP) is 2.76. The van der Waals surface area contributed by atoms with Crippen LogP contribution in [0.5, 0.6) is 11.5 Å². The summed E-state index contributed by atoms with van der Waals surface area (Å²) >= 11 is 5.66. The van der Waals surface area contributed by atoms with Crippen LogP contribution in [-0.4, -0.2) is 46.4 Å². The molecule has 0 saturated carbocycles. The van der Waals surface area contributed by atoms with E-state index in [1.807, 2.05) is 0 Å². The van der Waals surface area contributed by atoms with Gasteiger partial charge in [0.15, 0.2) is 0 Å². The molecule has 0 aliphatic rings. The SMILES string of the molecule is COc1ccc(OC)c(S(=O)(=O)N(C)CC(=O)Nc2ccc(F)c(Cl)c2)c1. The first kappa shape index (κ1) is 20.9. The average molecular weight is 417 g/mol. The van der Waals surface area contributed by atoms with Gasteiger partial charge in [0.2, 0.25) is 15.9 Å². The normalized spacial score (nSPS) is 11.3. The highest BCUT2D eigenvalue weighted by Gasteiger charge is 2.27. The largest absolute Gasteiger partial charge is 0.497 e. The van der Waals surface area contributed by atoms with Gasteiger partial charge in [0.05, 0.1) is 25.8 Å². The van der Waals surface area contributed by atoms with Crippen molar-refractivity contribution in [3.63, 3.8) is 0 Å². The van der Waals surface area contributed by atoms with Crippen LogP contribution in [0.25, 0.3) is 0 Å². The average Bonchev–Trinajstić information content (AvgIpc) is 2.63. The van der Waals surface area contributed by atoms with E-state index < -0.39 is 28.3 Å². The Morgan fingerprint density at radius 1 is 1.19 bits per heavy atom. The summed E-state index contributed by atoms with van der Waals surface area (Å²) in [5.74, 6) is -0.799. The van der Waals surface area contributed by atoms with Crippen LogP contribution in [0, 0.1) is 5.82 Å². The third-order valence-electron chi connectivity index (χ3n) is 3.63. The monoisotopic (exact) mass is 416 g/mol. The van der Waals surface area contributed by atoms with Gasteiger partial charge in [-0.15, -0.1) is 0 Å². The van der Waals surface area contributed by atoms with E-state index in [1.165, 1.54) is 45.5 Å². The van der Waals surface area contributed by atoms with Crippen molar-refractivity contribution >= 4 is 33.2 Å². The quantitative estimate of drug-likeness (QED) is 0.750. The van der Waals surface area contributed by atoms with Crippen molar-refractivity contribution in [3.05, 3.63) is 47.2 Å². The number of amides is 1. The molecule has 1 amide bonds. The lowest BCUT2D eigenvalue weighted by Gasteiger charge is -2.19. The molecule has 10 heteroatoms. The molecule has 0 radical (unpaired) electrons. The second-order valence-electron chi connectivity index (χ2n) is 5.45. The molecule has 7 nitrogen and oxygen atoms in total. The zero-order valence-corrected chi connectivity index (χ0v) is 16.4. The Morgan fingerprint density at radius 3 is 2.48 bits per heavy atom. The Hall–Kier alpha value is -2.36. The molecule has 0 unspecified atom stereocenters. The van der Waals surface area contributed by atoms with Crippen LogP contribution >= 0.6 is 11.6 Å². The Morgan fingerprint density at radius 2 is 1.89 bits per heavy atom. The lowest BCUT2D eigenvalue weighted by Crippen LogP contribution is -2.35. The van der Waals surface area contributed by atoms with E-state index in [0.717, 1.165) is 10.4 Å². The fourth-order valence-corrected chi connectivity index (χ4v) is 3.69. The zero-order valence-electron chi connectivity index (χ0n) is 14.8. The summed E-state index contributed by atoms with van der Waals surface area (Å²) in [5, 5.41) is 2.31. The van der Waals surface area contributed by atoms with E-state index >= 15 is 0 Å². The first-order chi connectivity index (χ1) is 12.7. The predicted molar refractivity (Wildman–Crippen MR) is 99.4 cm³/mol. The highest BCUT2D eigenvalue weighted by atomic mass is 35.5. The number of likely N-dealkylation sites (N-methyl/N-ethyl adjacent to an activating group) is 1. The Labute approximate surface area is 161 Å². The van der Waals surface area contributed by atoms with E-state index in [-0.39, 0.29) is 21.4 Å². The smallest absolute Gasteiger partial charge is 0.247 e. The fraction of sp³-hybridized carbons (Fsp3) is 0.235. The summed E-state index contributed by atoms with van der Waals surface area (Å²) in [7, 11) is -0.0347. The Kier molecular flexibility index (Phi) is 6.63. The summed E-state index contributed by atoms with van der Waals surface area (Å²) in [6.07, 6.45) is 0. The second kappa shape index (κ2) is 8.55. The van der Waals surface area contributed by atoms with Crippen LogP contribution in [0.15, 0.2) is 41.3 Å². The maximum atomic E-state index is 13.2. The minimum atomic E-state index is -4.04. The fourth-order valence-electron chi connectivity index (χ4n) is 2.22. The van der Waals surface area contributed by atoms with Crippen LogP contribution in [0.4, 0.5) is 10.1 Å². The van der Waals surface area contributed by atoms with Crippen molar-refractivity contribution in [1.82, 2.24) is 4.31 Å². The summed E-state index contributed by atoms with van der Waals surface area (Å²) in [6, 6.07) is 7.97. The topological polar surface area (TPSA) is 84.9 Å². The van der Waals surface area contributed by atoms with Crippen LogP contribution < -0.4 is 14.8 Å². The number of halogens is 2. The maximum absolute atomic E-state index is 13.2. The van der Waals surface area contributed by atoms with Crippen molar-refractivity contribution in [2.75, 3.05) is 33.1 Å². The number of nitrogens with zero attached hydrogens (tertiary/aromatic N) is 1. The number of carbonyl (C=O) groups excluding carboxylic acids is 1. The first-order valence-corrected chi connectivity index (χ1v) is 9.44. The van der Waals surface area contributed by atoms with Crippen molar-refractivity contribution < 1.29 is 27.1 Å². The molecule has 2 aromatic carbocycles. The Balaban J connectivity index is 2.19. The molecular formula is C17H18ClFN2O5S. The molecule has 1 N–H and O–H groups in total. The molecule has 2 aromatic rings. The Bertz CT molecular complexity index is 952. The van der Waals surface area contributed by atoms with E-state index in [1.54, 1.807) is 6.07 Å². The molecular weight excluding hydrogens is 399 g/mol. The number of nitrogens with one attached hydrogen (secondary N) is 1. The van der Waals surface area contributed by atoms with E-state index in [2.05, 4.69) is 5.32 Å². The molecule has 146 valence electrons. The minimum Gasteiger partial charge on any atom is -0.497 e. The molecule has 2 rings (SSSR count). The number of sulfonamides is 1. The van der Waals surface area contributed by atoms with Gasteiger partial charge in [-0.1, -0.05) is 11.6 Å². The number of anilines is 1. The van der Waals surface area contributed by atoms with E-state index in [4.69, 9.17) is 21.1 Å². The third kappa shape index (κ3) is 4.88. The van der Waals surface area contributed by atoms with Crippen molar-refractivity contribution in [3.8, 4) is 11.5 Å². The van der Waals surface area contributed by atoms with Crippen LogP contribution in [0.1, 0.15) is 0 Å². The minimum absolute atomic E-state index is 0.119. The lowest BCUT2D eigenvalue weighted by molar-refractivity contribution is -0.116. The summed E-state index contributed by atoms with van der Waals surface area (Å²) < 4.78 is 49.8. The van der Waals surface area contributed by atoms with Crippen LogP contribution in [0.2, 0.25) is 5.02 Å². The van der Waals surface area contributed by atoms with Gasteiger partial charge >= 0.3 is 0 Å². The number of methoxy groups -OCH3 is 2. The number of hydrogen-bond donors (Lipinski definition) is 1. The number of ether oxygens (including phenoxy) is 2. The highest BCUT2D eigenvalue weighted by molar-refractivity contribution is 7.89. The zero-order chi connectivity index (χ0) is 20.2. The number of rotatable bonds is 7. The second-order valence-corrected chi connectivity index (χ2v) is 7.88. The van der Waals surface area contributed by atoms with Gasteiger partial charge in [-0.3, -0.25) is 4.79 Å². The van der Waals surface area contributed by atoms with Crippen molar-refractivity contribution in [1.29, 1.82) is 0 Å². The number of hydrogen-bond acceptors (Lipinski definition) is 5. The molecule has 0 heterocycles. The van der Waals surface area contributed by atoms with E-state index in [0.29, 0.717) is 5.75 Å². The van der Waals surface area contributed by atoms with Gasteiger partial charge in [0.25, 0.3) is 0 Å². The molecule has 0 fully saturated rings. The molecule has 0 aliphatic carbocycles. The van der Waals surface area contributed by atoms with E-state index in [9.17, 15) is 17.6 Å². The summed E-state index contributed by atoms with van der Waals surface area (Å²) in [5.41, 5.74) is 0.246. The van der Waals surface area contributed by atoms with Gasteiger partial charge in [0.1, 0.15) is 22.2 Å². The standard InChI is InChI=1S/C17H18ClFN2O5S/c1-21(10-17(22)20-11-4-6-14(19)13(18)8-11)27(23,24)16-9-12(25-2)5-7-15(16)26-3/h4-9H,10H2,1-3H3,(H,20,22). The molecule has 0 bridgehead atoms. The van der Waals surface area contributed by atoms with Gasteiger partial charge in [-0.2, -0.15) is 4.31 Å². The molecule has 0 saturated heterocycles.